The van der Waals surface area contributed by atoms with Crippen LogP contribution in [0.25, 0.3) is 11.3 Å². The van der Waals surface area contributed by atoms with Crippen LogP contribution in [0.5, 0.6) is 0 Å². The topological polar surface area (TPSA) is 74.8 Å². The van der Waals surface area contributed by atoms with Gasteiger partial charge in [0.1, 0.15) is 0 Å². The molecule has 2 N–H and O–H groups in total. The van der Waals surface area contributed by atoms with Crippen LogP contribution in [0.1, 0.15) is 24.5 Å². The summed E-state index contributed by atoms with van der Waals surface area (Å²) >= 11 is 1.27. The van der Waals surface area contributed by atoms with E-state index in [4.69, 9.17) is 0 Å². The zero-order chi connectivity index (χ0) is 20.1. The van der Waals surface area contributed by atoms with Crippen molar-refractivity contribution in [1.82, 2.24) is 9.97 Å². The molecule has 1 unspecified atom stereocenters. The summed E-state index contributed by atoms with van der Waals surface area (Å²) in [7, 11) is 0. The van der Waals surface area contributed by atoms with E-state index >= 15 is 0 Å². The minimum absolute atomic E-state index is 0.108. The quantitative estimate of drug-likeness (QED) is 0.475. The Hall–Kier alpha value is -2.86. The first-order valence-corrected chi connectivity index (χ1v) is 10.1. The van der Waals surface area contributed by atoms with E-state index in [2.05, 4.69) is 15.3 Å². The van der Waals surface area contributed by atoms with Crippen molar-refractivity contribution in [1.29, 1.82) is 0 Å². The fourth-order valence-electron chi connectivity index (χ4n) is 2.75. The summed E-state index contributed by atoms with van der Waals surface area (Å²) in [6.07, 6.45) is 0.612. The van der Waals surface area contributed by atoms with Gasteiger partial charge in [0, 0.05) is 17.3 Å². The Kier molecular flexibility index (Phi) is 6.31. The lowest BCUT2D eigenvalue weighted by molar-refractivity contribution is -0.115. The maximum absolute atomic E-state index is 12.7. The highest BCUT2D eigenvalue weighted by Crippen LogP contribution is 2.25. The Morgan fingerprint density at radius 3 is 2.54 bits per heavy atom. The van der Waals surface area contributed by atoms with Crippen LogP contribution in [0.3, 0.4) is 0 Å². The molecular weight excluding hydrogens is 370 g/mol. The summed E-state index contributed by atoms with van der Waals surface area (Å²) in [5.74, 6) is -0.108. The van der Waals surface area contributed by atoms with Gasteiger partial charge in [-0.2, -0.15) is 0 Å². The molecule has 144 valence electrons. The largest absolute Gasteiger partial charge is 0.325 e. The number of hydrogen-bond acceptors (Lipinski definition) is 4. The Bertz CT molecular complexity index is 1030. The van der Waals surface area contributed by atoms with Crippen LogP contribution in [0.15, 0.2) is 64.5 Å². The number of nitrogens with one attached hydrogen (secondary N) is 2. The Morgan fingerprint density at radius 1 is 1.11 bits per heavy atom. The summed E-state index contributed by atoms with van der Waals surface area (Å²) in [5.41, 5.74) is 4.30. The van der Waals surface area contributed by atoms with Gasteiger partial charge >= 0.3 is 0 Å². The first-order chi connectivity index (χ1) is 13.5. The minimum atomic E-state index is -0.365. The molecule has 0 saturated carbocycles. The van der Waals surface area contributed by atoms with Gasteiger partial charge in [-0.25, -0.2) is 4.98 Å². The number of aromatic amines is 1. The number of nitrogens with zero attached hydrogens (tertiary/aromatic N) is 1. The van der Waals surface area contributed by atoms with Crippen molar-refractivity contribution in [2.24, 2.45) is 0 Å². The highest BCUT2D eigenvalue weighted by atomic mass is 32.2. The molecule has 28 heavy (non-hydrogen) atoms. The lowest BCUT2D eigenvalue weighted by Gasteiger charge is -2.15. The minimum Gasteiger partial charge on any atom is -0.325 e. The Morgan fingerprint density at radius 2 is 1.86 bits per heavy atom. The van der Waals surface area contributed by atoms with E-state index in [1.54, 1.807) is 0 Å². The number of H-pyrrole nitrogens is 1. The number of anilines is 1. The molecule has 1 heterocycles. The van der Waals surface area contributed by atoms with E-state index in [0.717, 1.165) is 16.8 Å². The monoisotopic (exact) mass is 393 g/mol. The second kappa shape index (κ2) is 8.89. The van der Waals surface area contributed by atoms with E-state index in [1.807, 2.05) is 69.3 Å². The average Bonchev–Trinajstić information content (AvgIpc) is 2.69. The average molecular weight is 394 g/mol. The molecule has 3 aromatic rings. The Balaban J connectivity index is 1.78. The zero-order valence-corrected chi connectivity index (χ0v) is 17.0. The maximum Gasteiger partial charge on any atom is 0.252 e. The molecule has 0 aliphatic carbocycles. The smallest absolute Gasteiger partial charge is 0.252 e. The summed E-state index contributed by atoms with van der Waals surface area (Å²) in [6, 6.07) is 16.8. The number of amides is 1. The van der Waals surface area contributed by atoms with Gasteiger partial charge in [0.25, 0.3) is 5.56 Å². The van der Waals surface area contributed by atoms with Gasteiger partial charge in [0.05, 0.1) is 10.9 Å². The molecule has 0 aliphatic heterocycles. The van der Waals surface area contributed by atoms with Crippen molar-refractivity contribution in [2.75, 3.05) is 5.32 Å². The summed E-state index contributed by atoms with van der Waals surface area (Å²) < 4.78 is 0. The number of carbonyl (C=O) groups excluding carboxylic acids is 1. The van der Waals surface area contributed by atoms with Gasteiger partial charge in [-0.05, 0) is 43.5 Å². The Labute approximate surface area is 168 Å². The van der Waals surface area contributed by atoms with Gasteiger partial charge in [0.2, 0.25) is 5.91 Å². The summed E-state index contributed by atoms with van der Waals surface area (Å²) in [5, 5.41) is 3.04. The van der Waals surface area contributed by atoms with Crippen LogP contribution in [-0.4, -0.2) is 21.1 Å². The lowest BCUT2D eigenvalue weighted by Crippen LogP contribution is -2.25. The molecule has 1 atom stereocenters. The first-order valence-electron chi connectivity index (χ1n) is 9.18. The lowest BCUT2D eigenvalue weighted by atomic mass is 10.1. The third kappa shape index (κ3) is 4.89. The summed E-state index contributed by atoms with van der Waals surface area (Å²) in [6.45, 7) is 5.99. The van der Waals surface area contributed by atoms with Crippen molar-refractivity contribution in [3.05, 3.63) is 76.1 Å². The van der Waals surface area contributed by atoms with E-state index in [-0.39, 0.29) is 16.7 Å². The standard InChI is InChI=1S/C22H23N3O2S/c1-4-19(21(27)23-17-11-10-14(2)15(3)12-17)28-22-24-18(13-20(26)25-22)16-8-6-5-7-9-16/h5-13,19H,4H2,1-3H3,(H,23,27)(H,24,25,26). The number of benzene rings is 2. The highest BCUT2D eigenvalue weighted by molar-refractivity contribution is 8.00. The first kappa shape index (κ1) is 19.9. The molecular formula is C22H23N3O2S. The molecule has 2 aromatic carbocycles. The molecule has 1 amide bonds. The number of aromatic nitrogens is 2. The zero-order valence-electron chi connectivity index (χ0n) is 16.2. The fraction of sp³-hybridized carbons (Fsp3) is 0.227. The van der Waals surface area contributed by atoms with Gasteiger partial charge < -0.3 is 10.3 Å². The highest BCUT2D eigenvalue weighted by Gasteiger charge is 2.20. The second-order valence-electron chi connectivity index (χ2n) is 6.60. The van der Waals surface area contributed by atoms with Crippen LogP contribution in [-0.2, 0) is 4.79 Å². The number of aryl methyl sites for hydroxylation is 2. The van der Waals surface area contributed by atoms with Gasteiger partial charge in [-0.1, -0.05) is 55.1 Å². The molecule has 0 aliphatic rings. The van der Waals surface area contributed by atoms with Crippen LogP contribution < -0.4 is 10.9 Å². The van der Waals surface area contributed by atoms with Crippen molar-refractivity contribution in [2.45, 2.75) is 37.6 Å². The van der Waals surface area contributed by atoms with Crippen LogP contribution in [0, 0.1) is 13.8 Å². The van der Waals surface area contributed by atoms with Crippen LogP contribution >= 0.6 is 11.8 Å². The number of thioether (sulfide) groups is 1. The van der Waals surface area contributed by atoms with Crippen molar-refractivity contribution >= 4 is 23.4 Å². The number of hydrogen-bond donors (Lipinski definition) is 2. The number of rotatable bonds is 6. The van der Waals surface area contributed by atoms with Crippen molar-refractivity contribution in [3.8, 4) is 11.3 Å². The van der Waals surface area contributed by atoms with Crippen LogP contribution in [0.4, 0.5) is 5.69 Å². The molecule has 0 saturated heterocycles. The summed E-state index contributed by atoms with van der Waals surface area (Å²) in [4.78, 5) is 32.1. The molecule has 0 bridgehead atoms. The maximum atomic E-state index is 12.7. The third-order valence-corrected chi connectivity index (χ3v) is 5.73. The van der Waals surface area contributed by atoms with Gasteiger partial charge in [0.15, 0.2) is 5.16 Å². The van der Waals surface area contributed by atoms with Crippen LogP contribution in [0.2, 0.25) is 0 Å². The normalized spacial score (nSPS) is 11.8. The predicted octanol–water partition coefficient (Wildman–Crippen LogP) is 4.56. The van der Waals surface area contributed by atoms with Gasteiger partial charge in [-0.15, -0.1) is 0 Å². The molecule has 3 rings (SSSR count). The molecule has 1 aromatic heterocycles. The number of carbonyl (C=O) groups is 1. The third-order valence-electron chi connectivity index (χ3n) is 4.48. The molecule has 0 fully saturated rings. The van der Waals surface area contributed by atoms with E-state index in [0.29, 0.717) is 17.3 Å². The van der Waals surface area contributed by atoms with Crippen molar-refractivity contribution < 1.29 is 4.79 Å². The fourth-order valence-corrected chi connectivity index (χ4v) is 3.66. The molecule has 0 radical (unpaired) electrons. The van der Waals surface area contributed by atoms with Gasteiger partial charge in [-0.3, -0.25) is 9.59 Å². The molecule has 6 heteroatoms. The molecule has 0 spiro atoms. The molecule has 5 nitrogen and oxygen atoms in total. The van der Waals surface area contributed by atoms with E-state index in [9.17, 15) is 9.59 Å². The SMILES string of the molecule is CCC(Sc1nc(-c2ccccc2)cc(=O)[nH]1)C(=O)Nc1ccc(C)c(C)c1. The van der Waals surface area contributed by atoms with E-state index in [1.165, 1.54) is 23.4 Å². The second-order valence-corrected chi connectivity index (χ2v) is 7.80. The van der Waals surface area contributed by atoms with E-state index < -0.39 is 0 Å². The predicted molar refractivity (Wildman–Crippen MR) is 115 cm³/mol. The van der Waals surface area contributed by atoms with Crippen molar-refractivity contribution in [3.63, 3.8) is 0 Å².